The Hall–Kier alpha value is -1.72. The number of aromatic nitrogens is 3. The Morgan fingerprint density at radius 2 is 2.32 bits per heavy atom. The summed E-state index contributed by atoms with van der Waals surface area (Å²) in [5, 5.41) is 5.57. The van der Waals surface area contributed by atoms with Crippen LogP contribution in [0.15, 0.2) is 36.0 Å². The number of nitrogens with zero attached hydrogens (tertiary/aromatic N) is 3. The molecule has 0 aliphatic heterocycles. The number of hydrogen-bond donors (Lipinski definition) is 1. The van der Waals surface area contributed by atoms with Crippen molar-refractivity contribution in [3.05, 3.63) is 53.1 Å². The van der Waals surface area contributed by atoms with Crippen molar-refractivity contribution < 1.29 is 0 Å². The van der Waals surface area contributed by atoms with Gasteiger partial charge in [0.25, 0.3) is 0 Å². The quantitative estimate of drug-likeness (QED) is 0.794. The predicted octanol–water partition coefficient (Wildman–Crippen LogP) is 2.95. The molecule has 0 saturated heterocycles. The van der Waals surface area contributed by atoms with Crippen LogP contribution in [0.3, 0.4) is 0 Å². The van der Waals surface area contributed by atoms with Gasteiger partial charge in [-0.1, -0.05) is 6.07 Å². The van der Waals surface area contributed by atoms with Crippen molar-refractivity contribution >= 4 is 16.3 Å². The second-order valence-electron chi connectivity index (χ2n) is 4.56. The van der Waals surface area contributed by atoms with Crippen molar-refractivity contribution in [2.24, 2.45) is 0 Å². The Kier molecular flexibility index (Phi) is 3.31. The lowest BCUT2D eigenvalue weighted by molar-refractivity contribution is 0.552. The summed E-state index contributed by atoms with van der Waals surface area (Å²) in [4.78, 5) is 9.98. The summed E-state index contributed by atoms with van der Waals surface area (Å²) in [6, 6.07) is 6.22. The molecule has 0 aromatic carbocycles. The fourth-order valence-corrected chi connectivity index (χ4v) is 2.92. The minimum Gasteiger partial charge on any atom is -0.303 e. The molecule has 1 atom stereocenters. The molecule has 3 aromatic heterocycles. The zero-order valence-electron chi connectivity index (χ0n) is 11.0. The summed E-state index contributed by atoms with van der Waals surface area (Å²) in [5.74, 6) is 0. The molecule has 0 bridgehead atoms. The van der Waals surface area contributed by atoms with Gasteiger partial charge in [0.1, 0.15) is 0 Å². The molecule has 1 N–H and O–H groups in total. The smallest absolute Gasteiger partial charge is 0.194 e. The number of imidazole rings is 1. The average molecular weight is 272 g/mol. The van der Waals surface area contributed by atoms with Crippen molar-refractivity contribution in [2.75, 3.05) is 0 Å². The molecule has 0 fully saturated rings. The second kappa shape index (κ2) is 5.11. The molecule has 3 heterocycles. The van der Waals surface area contributed by atoms with Gasteiger partial charge in [-0.2, -0.15) is 0 Å². The van der Waals surface area contributed by atoms with Crippen LogP contribution in [-0.2, 0) is 6.54 Å². The highest BCUT2D eigenvalue weighted by molar-refractivity contribution is 7.15. The minimum atomic E-state index is 0.227. The van der Waals surface area contributed by atoms with Gasteiger partial charge in [-0.3, -0.25) is 9.38 Å². The van der Waals surface area contributed by atoms with Crippen LogP contribution < -0.4 is 5.32 Å². The zero-order chi connectivity index (χ0) is 13.2. The maximum absolute atomic E-state index is 4.55. The Labute approximate surface area is 116 Å². The SMILES string of the molecule is Cc1nc2sccn2c1CNC(C)c1ccccn1. The van der Waals surface area contributed by atoms with Crippen LogP contribution in [0.4, 0.5) is 0 Å². The van der Waals surface area contributed by atoms with E-state index < -0.39 is 0 Å². The van der Waals surface area contributed by atoms with Gasteiger partial charge >= 0.3 is 0 Å². The van der Waals surface area contributed by atoms with Crippen LogP contribution in [0.5, 0.6) is 0 Å². The summed E-state index contributed by atoms with van der Waals surface area (Å²) in [6.45, 7) is 4.98. The molecule has 0 amide bonds. The van der Waals surface area contributed by atoms with Crippen molar-refractivity contribution in [1.29, 1.82) is 0 Å². The summed E-state index contributed by atoms with van der Waals surface area (Å²) in [6.07, 6.45) is 3.90. The van der Waals surface area contributed by atoms with Gasteiger partial charge in [0, 0.05) is 30.4 Å². The van der Waals surface area contributed by atoms with E-state index in [4.69, 9.17) is 0 Å². The molecule has 0 saturated carbocycles. The van der Waals surface area contributed by atoms with Crippen LogP contribution in [0.2, 0.25) is 0 Å². The predicted molar refractivity (Wildman–Crippen MR) is 77.3 cm³/mol. The molecule has 5 heteroatoms. The molecule has 98 valence electrons. The Balaban J connectivity index is 1.76. The normalized spacial score (nSPS) is 12.9. The van der Waals surface area contributed by atoms with Gasteiger partial charge < -0.3 is 5.32 Å². The Bertz CT molecular complexity index is 671. The molecule has 3 aromatic rings. The van der Waals surface area contributed by atoms with Gasteiger partial charge in [-0.15, -0.1) is 11.3 Å². The molecule has 1 unspecified atom stereocenters. The molecular formula is C14H16N4S. The van der Waals surface area contributed by atoms with Crippen molar-refractivity contribution in [2.45, 2.75) is 26.4 Å². The molecular weight excluding hydrogens is 256 g/mol. The van der Waals surface area contributed by atoms with Crippen molar-refractivity contribution in [3.63, 3.8) is 0 Å². The first-order valence-electron chi connectivity index (χ1n) is 6.31. The monoisotopic (exact) mass is 272 g/mol. The molecule has 4 nitrogen and oxygen atoms in total. The maximum Gasteiger partial charge on any atom is 0.194 e. The highest BCUT2D eigenvalue weighted by atomic mass is 32.1. The first-order valence-corrected chi connectivity index (χ1v) is 7.19. The third-order valence-corrected chi connectivity index (χ3v) is 4.02. The Morgan fingerprint density at radius 3 is 3.11 bits per heavy atom. The highest BCUT2D eigenvalue weighted by Gasteiger charge is 2.11. The zero-order valence-corrected chi connectivity index (χ0v) is 11.8. The molecule has 19 heavy (non-hydrogen) atoms. The van der Waals surface area contributed by atoms with E-state index in [1.807, 2.05) is 24.4 Å². The van der Waals surface area contributed by atoms with E-state index in [1.165, 1.54) is 5.69 Å². The van der Waals surface area contributed by atoms with E-state index in [0.29, 0.717) is 0 Å². The number of rotatable bonds is 4. The van der Waals surface area contributed by atoms with Crippen molar-refractivity contribution in [3.8, 4) is 0 Å². The number of pyridine rings is 1. The maximum atomic E-state index is 4.55. The third-order valence-electron chi connectivity index (χ3n) is 3.27. The van der Waals surface area contributed by atoms with E-state index >= 15 is 0 Å². The van der Waals surface area contributed by atoms with Gasteiger partial charge in [-0.05, 0) is 26.0 Å². The van der Waals surface area contributed by atoms with E-state index in [0.717, 1.165) is 22.9 Å². The van der Waals surface area contributed by atoms with E-state index in [9.17, 15) is 0 Å². The van der Waals surface area contributed by atoms with Crippen molar-refractivity contribution in [1.82, 2.24) is 19.7 Å². The number of aryl methyl sites for hydroxylation is 1. The van der Waals surface area contributed by atoms with Gasteiger partial charge in [0.05, 0.1) is 17.1 Å². The highest BCUT2D eigenvalue weighted by Crippen LogP contribution is 2.17. The number of fused-ring (bicyclic) bond motifs is 1. The topological polar surface area (TPSA) is 42.2 Å². The van der Waals surface area contributed by atoms with E-state index in [2.05, 4.69) is 45.1 Å². The summed E-state index contributed by atoms with van der Waals surface area (Å²) < 4.78 is 2.15. The second-order valence-corrected chi connectivity index (χ2v) is 5.43. The molecule has 3 rings (SSSR count). The average Bonchev–Trinajstić information content (AvgIpc) is 2.98. The van der Waals surface area contributed by atoms with Gasteiger partial charge in [-0.25, -0.2) is 4.98 Å². The summed E-state index contributed by atoms with van der Waals surface area (Å²) in [7, 11) is 0. The molecule has 0 spiro atoms. The lowest BCUT2D eigenvalue weighted by Gasteiger charge is -2.13. The largest absolute Gasteiger partial charge is 0.303 e. The van der Waals surface area contributed by atoms with Crippen LogP contribution >= 0.6 is 11.3 Å². The van der Waals surface area contributed by atoms with Gasteiger partial charge in [0.2, 0.25) is 0 Å². The third kappa shape index (κ3) is 2.39. The van der Waals surface area contributed by atoms with E-state index in [-0.39, 0.29) is 6.04 Å². The first-order chi connectivity index (χ1) is 9.25. The fourth-order valence-electron chi connectivity index (χ4n) is 2.14. The lowest BCUT2D eigenvalue weighted by atomic mass is 10.2. The van der Waals surface area contributed by atoms with Gasteiger partial charge in [0.15, 0.2) is 4.96 Å². The van der Waals surface area contributed by atoms with Crippen LogP contribution in [0.1, 0.15) is 30.0 Å². The number of nitrogens with one attached hydrogen (secondary N) is 1. The van der Waals surface area contributed by atoms with E-state index in [1.54, 1.807) is 11.3 Å². The fraction of sp³-hybridized carbons (Fsp3) is 0.286. The number of hydrogen-bond acceptors (Lipinski definition) is 4. The molecule has 0 aliphatic rings. The number of thiazole rings is 1. The Morgan fingerprint density at radius 1 is 1.42 bits per heavy atom. The first kappa shape index (κ1) is 12.3. The van der Waals surface area contributed by atoms with Crippen LogP contribution in [0, 0.1) is 6.92 Å². The molecule has 0 aliphatic carbocycles. The molecule has 0 radical (unpaired) electrons. The summed E-state index contributed by atoms with van der Waals surface area (Å²) in [5.41, 5.74) is 3.37. The lowest BCUT2D eigenvalue weighted by Crippen LogP contribution is -2.20. The standard InChI is InChI=1S/C14H16N4S/c1-10(12-5-3-4-6-15-12)16-9-13-11(2)17-14-18(13)7-8-19-14/h3-8,10,16H,9H2,1-2H3. The van der Waals surface area contributed by atoms with Crippen LogP contribution in [-0.4, -0.2) is 14.4 Å². The summed E-state index contributed by atoms with van der Waals surface area (Å²) >= 11 is 1.66. The van der Waals surface area contributed by atoms with Crippen LogP contribution in [0.25, 0.3) is 4.96 Å². The minimum absolute atomic E-state index is 0.227.